The quantitative estimate of drug-likeness (QED) is 0.816. The van der Waals surface area contributed by atoms with E-state index in [1.54, 1.807) is 6.07 Å². The predicted molar refractivity (Wildman–Crippen MR) is 70.8 cm³/mol. The van der Waals surface area contributed by atoms with E-state index < -0.39 is 11.5 Å². The van der Waals surface area contributed by atoms with E-state index in [-0.39, 0.29) is 0 Å². The maximum Gasteiger partial charge on any atom is 0.329 e. The Bertz CT molecular complexity index is 518. The molecule has 1 aromatic rings. The Morgan fingerprint density at radius 3 is 2.72 bits per heavy atom. The van der Waals surface area contributed by atoms with Crippen molar-refractivity contribution >= 4 is 23.4 Å². The van der Waals surface area contributed by atoms with Gasteiger partial charge in [0.1, 0.15) is 11.6 Å². The molecule has 1 aliphatic rings. The van der Waals surface area contributed by atoms with Crippen molar-refractivity contribution in [3.8, 4) is 6.07 Å². The maximum absolute atomic E-state index is 11.3. The van der Waals surface area contributed by atoms with E-state index in [9.17, 15) is 15.2 Å². The normalized spacial score (nSPS) is 16.4. The van der Waals surface area contributed by atoms with Gasteiger partial charge in [-0.3, -0.25) is 0 Å². The maximum atomic E-state index is 11.3. The first kappa shape index (κ1) is 12.8. The van der Waals surface area contributed by atoms with Crippen LogP contribution in [-0.4, -0.2) is 22.9 Å². The molecule has 0 amide bonds. The fourth-order valence-corrected chi connectivity index (χ4v) is 2.68. The van der Waals surface area contributed by atoms with E-state index in [1.165, 1.54) is 11.8 Å². The summed E-state index contributed by atoms with van der Waals surface area (Å²) in [6, 6.07) is 7.61. The molecule has 18 heavy (non-hydrogen) atoms. The van der Waals surface area contributed by atoms with Gasteiger partial charge in [0.2, 0.25) is 0 Å². The molecule has 0 radical (unpaired) electrons. The number of carbonyl (C=O) groups is 1. The SMILES string of the molecule is CSc1cccc(NC2(C(=O)O)CCC2)c1C#N. The molecule has 5 heteroatoms. The molecule has 0 atom stereocenters. The summed E-state index contributed by atoms with van der Waals surface area (Å²) >= 11 is 1.48. The number of rotatable bonds is 4. The summed E-state index contributed by atoms with van der Waals surface area (Å²) in [6.45, 7) is 0. The average Bonchev–Trinajstić information content (AvgIpc) is 2.32. The lowest BCUT2D eigenvalue weighted by atomic mass is 9.76. The number of nitrogens with one attached hydrogen (secondary N) is 1. The van der Waals surface area contributed by atoms with Crippen molar-refractivity contribution in [1.29, 1.82) is 5.26 Å². The average molecular weight is 262 g/mol. The number of carboxylic acids is 1. The largest absolute Gasteiger partial charge is 0.480 e. The minimum absolute atomic E-state index is 0.525. The molecule has 1 saturated carbocycles. The minimum atomic E-state index is -0.886. The van der Waals surface area contributed by atoms with Gasteiger partial charge in [0.05, 0.1) is 11.3 Å². The van der Waals surface area contributed by atoms with Crippen molar-refractivity contribution in [3.05, 3.63) is 23.8 Å². The van der Waals surface area contributed by atoms with E-state index >= 15 is 0 Å². The molecular formula is C13H14N2O2S. The molecule has 0 spiro atoms. The second-order valence-electron chi connectivity index (χ2n) is 4.36. The van der Waals surface area contributed by atoms with Crippen LogP contribution in [0, 0.1) is 11.3 Å². The summed E-state index contributed by atoms with van der Waals surface area (Å²) < 4.78 is 0. The molecule has 0 bridgehead atoms. The summed E-state index contributed by atoms with van der Waals surface area (Å²) in [6.07, 6.45) is 4.02. The Morgan fingerprint density at radius 2 is 2.28 bits per heavy atom. The van der Waals surface area contributed by atoms with E-state index in [2.05, 4.69) is 11.4 Å². The molecule has 0 saturated heterocycles. The summed E-state index contributed by atoms with van der Waals surface area (Å²) in [5.74, 6) is -0.841. The number of anilines is 1. The number of nitrogens with zero attached hydrogens (tertiary/aromatic N) is 1. The van der Waals surface area contributed by atoms with Gasteiger partial charge in [-0.25, -0.2) is 4.79 Å². The van der Waals surface area contributed by atoms with E-state index in [0.717, 1.165) is 11.3 Å². The van der Waals surface area contributed by atoms with Crippen LogP contribution in [0.5, 0.6) is 0 Å². The lowest BCUT2D eigenvalue weighted by Crippen LogP contribution is -2.52. The number of thioether (sulfide) groups is 1. The number of hydrogen-bond acceptors (Lipinski definition) is 4. The lowest BCUT2D eigenvalue weighted by Gasteiger charge is -2.39. The Labute approximate surface area is 110 Å². The summed E-state index contributed by atoms with van der Waals surface area (Å²) in [5, 5.41) is 21.5. The zero-order valence-corrected chi connectivity index (χ0v) is 10.9. The smallest absolute Gasteiger partial charge is 0.329 e. The number of aliphatic carboxylic acids is 1. The van der Waals surface area contributed by atoms with E-state index in [4.69, 9.17) is 0 Å². The van der Waals surface area contributed by atoms with Crippen LogP contribution in [0.3, 0.4) is 0 Å². The molecule has 0 heterocycles. The highest BCUT2D eigenvalue weighted by Gasteiger charge is 2.44. The second-order valence-corrected chi connectivity index (χ2v) is 5.21. The zero-order valence-electron chi connectivity index (χ0n) is 10.1. The third-order valence-corrected chi connectivity index (χ3v) is 4.13. The molecule has 0 unspecified atom stereocenters. The minimum Gasteiger partial charge on any atom is -0.480 e. The van der Waals surface area contributed by atoms with Gasteiger partial charge in [-0.05, 0) is 37.7 Å². The molecular weight excluding hydrogens is 248 g/mol. The van der Waals surface area contributed by atoms with Crippen molar-refractivity contribution in [2.24, 2.45) is 0 Å². The van der Waals surface area contributed by atoms with Gasteiger partial charge in [-0.1, -0.05) is 6.07 Å². The summed E-state index contributed by atoms with van der Waals surface area (Å²) in [4.78, 5) is 12.2. The van der Waals surface area contributed by atoms with Crippen LogP contribution in [0.4, 0.5) is 5.69 Å². The predicted octanol–water partition coefficient (Wildman–Crippen LogP) is 2.70. The van der Waals surface area contributed by atoms with Crippen molar-refractivity contribution in [1.82, 2.24) is 0 Å². The molecule has 1 aliphatic carbocycles. The van der Waals surface area contributed by atoms with E-state index in [0.29, 0.717) is 24.1 Å². The molecule has 94 valence electrons. The topological polar surface area (TPSA) is 73.1 Å². The van der Waals surface area contributed by atoms with E-state index in [1.807, 2.05) is 18.4 Å². The summed E-state index contributed by atoms with van der Waals surface area (Å²) in [5.41, 5.74) is 0.256. The van der Waals surface area contributed by atoms with Gasteiger partial charge in [-0.15, -0.1) is 11.8 Å². The Balaban J connectivity index is 2.35. The Morgan fingerprint density at radius 1 is 1.56 bits per heavy atom. The molecule has 0 aliphatic heterocycles. The number of benzene rings is 1. The molecule has 4 nitrogen and oxygen atoms in total. The highest BCUT2D eigenvalue weighted by Crippen LogP contribution is 2.37. The molecule has 1 fully saturated rings. The third kappa shape index (κ3) is 2.04. The zero-order chi connectivity index (χ0) is 13.2. The first-order chi connectivity index (χ1) is 8.63. The van der Waals surface area contributed by atoms with Crippen molar-refractivity contribution in [2.45, 2.75) is 29.7 Å². The lowest BCUT2D eigenvalue weighted by molar-refractivity contribution is -0.145. The Kier molecular flexibility index (Phi) is 3.48. The Hall–Kier alpha value is -1.67. The number of hydrogen-bond donors (Lipinski definition) is 2. The van der Waals surface area contributed by atoms with Crippen LogP contribution < -0.4 is 5.32 Å². The molecule has 0 aromatic heterocycles. The molecule has 1 aromatic carbocycles. The van der Waals surface area contributed by atoms with Gasteiger partial charge < -0.3 is 10.4 Å². The van der Waals surface area contributed by atoms with Gasteiger partial charge in [0.25, 0.3) is 0 Å². The van der Waals surface area contributed by atoms with Crippen molar-refractivity contribution in [2.75, 3.05) is 11.6 Å². The number of carboxylic acid groups (broad SMARTS) is 1. The standard InChI is InChI=1S/C13H14N2O2S/c1-18-11-5-2-4-10(9(11)8-14)15-13(12(16)17)6-3-7-13/h2,4-5,15H,3,6-7H2,1H3,(H,16,17). The van der Waals surface area contributed by atoms with Crippen LogP contribution in [-0.2, 0) is 4.79 Å². The van der Waals surface area contributed by atoms with Gasteiger partial charge >= 0.3 is 5.97 Å². The molecule has 2 rings (SSSR count). The van der Waals surface area contributed by atoms with Crippen LogP contribution >= 0.6 is 11.8 Å². The fourth-order valence-electron chi connectivity index (χ4n) is 2.10. The van der Waals surface area contributed by atoms with Crippen LogP contribution in [0.2, 0.25) is 0 Å². The highest BCUT2D eigenvalue weighted by atomic mass is 32.2. The monoisotopic (exact) mass is 262 g/mol. The van der Waals surface area contributed by atoms with Gasteiger partial charge in [0.15, 0.2) is 0 Å². The van der Waals surface area contributed by atoms with Crippen molar-refractivity contribution in [3.63, 3.8) is 0 Å². The second kappa shape index (κ2) is 4.91. The summed E-state index contributed by atoms with van der Waals surface area (Å²) in [7, 11) is 0. The van der Waals surface area contributed by atoms with Crippen LogP contribution in [0.1, 0.15) is 24.8 Å². The van der Waals surface area contributed by atoms with Crippen molar-refractivity contribution < 1.29 is 9.90 Å². The number of nitriles is 1. The fraction of sp³-hybridized carbons (Fsp3) is 0.385. The van der Waals surface area contributed by atoms with Gasteiger partial charge in [0, 0.05) is 4.90 Å². The first-order valence-electron chi connectivity index (χ1n) is 5.71. The molecule has 2 N–H and O–H groups in total. The third-order valence-electron chi connectivity index (χ3n) is 3.35. The van der Waals surface area contributed by atoms with Gasteiger partial charge in [-0.2, -0.15) is 5.26 Å². The first-order valence-corrected chi connectivity index (χ1v) is 6.94. The van der Waals surface area contributed by atoms with Crippen LogP contribution in [0.25, 0.3) is 0 Å². The van der Waals surface area contributed by atoms with Crippen LogP contribution in [0.15, 0.2) is 23.1 Å². The highest BCUT2D eigenvalue weighted by molar-refractivity contribution is 7.98.